The third-order valence-electron chi connectivity index (χ3n) is 4.00. The van der Waals surface area contributed by atoms with Gasteiger partial charge in [-0.1, -0.05) is 24.3 Å². The molecule has 0 N–H and O–H groups in total. The molecule has 0 aliphatic rings. The molecule has 2 heterocycles. The summed E-state index contributed by atoms with van der Waals surface area (Å²) in [6.07, 6.45) is 6.05. The van der Waals surface area contributed by atoms with Gasteiger partial charge in [0.25, 0.3) is 0 Å². The molecule has 0 aliphatic heterocycles. The van der Waals surface area contributed by atoms with E-state index in [2.05, 4.69) is 39.2 Å². The Balaban J connectivity index is 1.90. The molecule has 0 aliphatic carbocycles. The van der Waals surface area contributed by atoms with Gasteiger partial charge in [-0.2, -0.15) is 0 Å². The Kier molecular flexibility index (Phi) is 3.35. The largest absolute Gasteiger partial charge is 0.481 e. The summed E-state index contributed by atoms with van der Waals surface area (Å²) in [5.74, 6) is 0.635. The lowest BCUT2D eigenvalue weighted by Crippen LogP contribution is -1.95. The number of hydrogen-bond acceptors (Lipinski definition) is 4. The molecular weight excluding hydrogens is 286 g/mol. The number of benzene rings is 2. The van der Waals surface area contributed by atoms with Gasteiger partial charge in [0, 0.05) is 29.2 Å². The lowest BCUT2D eigenvalue weighted by atomic mass is 9.96. The number of hydrogen-bond donors (Lipinski definition) is 0. The van der Waals surface area contributed by atoms with Crippen LogP contribution in [0.2, 0.25) is 0 Å². The Labute approximate surface area is 133 Å². The fourth-order valence-electron chi connectivity index (χ4n) is 2.94. The van der Waals surface area contributed by atoms with Gasteiger partial charge < -0.3 is 4.74 Å². The summed E-state index contributed by atoms with van der Waals surface area (Å²) >= 11 is 0. The molecule has 112 valence electrons. The van der Waals surface area contributed by atoms with E-state index < -0.39 is 0 Å². The molecule has 0 saturated carbocycles. The standard InChI is InChI=1S/C19H15N3O/c1-23-18-9-13(6-7-21-18)8-14-10-15-11-20-12-22-19(15)17-5-3-2-4-16(14)17/h2-7,9-12H,8H2,1H3. The molecule has 4 nitrogen and oxygen atoms in total. The zero-order chi connectivity index (χ0) is 15.6. The van der Waals surface area contributed by atoms with Crippen molar-refractivity contribution in [2.45, 2.75) is 6.42 Å². The number of rotatable bonds is 3. The minimum atomic E-state index is 0.635. The molecule has 2 aromatic heterocycles. The first-order valence-electron chi connectivity index (χ1n) is 7.44. The summed E-state index contributed by atoms with van der Waals surface area (Å²) in [4.78, 5) is 12.8. The van der Waals surface area contributed by atoms with Gasteiger partial charge in [-0.05, 0) is 35.1 Å². The monoisotopic (exact) mass is 301 g/mol. The van der Waals surface area contributed by atoms with Gasteiger partial charge in [0.1, 0.15) is 6.33 Å². The molecule has 0 saturated heterocycles. The summed E-state index contributed by atoms with van der Waals surface area (Å²) in [5.41, 5.74) is 3.40. The number of pyridine rings is 1. The van der Waals surface area contributed by atoms with Gasteiger partial charge in [-0.3, -0.25) is 0 Å². The smallest absolute Gasteiger partial charge is 0.213 e. The van der Waals surface area contributed by atoms with E-state index in [1.807, 2.05) is 24.4 Å². The highest BCUT2D eigenvalue weighted by Gasteiger charge is 2.08. The van der Waals surface area contributed by atoms with Crippen LogP contribution in [0.5, 0.6) is 5.88 Å². The van der Waals surface area contributed by atoms with Crippen molar-refractivity contribution < 1.29 is 4.74 Å². The van der Waals surface area contributed by atoms with Crippen molar-refractivity contribution in [3.8, 4) is 5.88 Å². The lowest BCUT2D eigenvalue weighted by Gasteiger charge is -2.10. The predicted molar refractivity (Wildman–Crippen MR) is 90.6 cm³/mol. The van der Waals surface area contributed by atoms with Gasteiger partial charge in [0.15, 0.2) is 0 Å². The summed E-state index contributed by atoms with van der Waals surface area (Å²) in [5, 5.41) is 3.43. The van der Waals surface area contributed by atoms with E-state index in [9.17, 15) is 0 Å². The van der Waals surface area contributed by atoms with E-state index in [0.717, 1.165) is 22.7 Å². The zero-order valence-electron chi connectivity index (χ0n) is 12.7. The third-order valence-corrected chi connectivity index (χ3v) is 4.00. The average molecular weight is 301 g/mol. The SMILES string of the molecule is COc1cc(Cc2cc3cncnc3c3ccccc23)ccn1. The molecule has 0 bridgehead atoms. The van der Waals surface area contributed by atoms with Crippen molar-refractivity contribution >= 4 is 21.7 Å². The Hall–Kier alpha value is -3.01. The number of nitrogens with zero attached hydrogens (tertiary/aromatic N) is 3. The van der Waals surface area contributed by atoms with Crippen LogP contribution >= 0.6 is 0 Å². The van der Waals surface area contributed by atoms with Crippen LogP contribution < -0.4 is 4.74 Å². The molecule has 4 heteroatoms. The van der Waals surface area contributed by atoms with Crippen molar-refractivity contribution in [3.05, 3.63) is 72.3 Å². The summed E-state index contributed by atoms with van der Waals surface area (Å²) in [6, 6.07) is 14.5. The number of methoxy groups -OCH3 is 1. The molecule has 2 aromatic carbocycles. The van der Waals surface area contributed by atoms with Gasteiger partial charge in [0.2, 0.25) is 5.88 Å². The van der Waals surface area contributed by atoms with E-state index in [1.54, 1.807) is 19.6 Å². The zero-order valence-corrected chi connectivity index (χ0v) is 12.7. The van der Waals surface area contributed by atoms with Crippen molar-refractivity contribution in [1.29, 1.82) is 0 Å². The average Bonchev–Trinajstić information content (AvgIpc) is 2.62. The Morgan fingerprint density at radius 2 is 1.87 bits per heavy atom. The lowest BCUT2D eigenvalue weighted by molar-refractivity contribution is 0.397. The van der Waals surface area contributed by atoms with Crippen molar-refractivity contribution in [3.63, 3.8) is 0 Å². The van der Waals surface area contributed by atoms with Gasteiger partial charge in [-0.15, -0.1) is 0 Å². The van der Waals surface area contributed by atoms with Crippen LogP contribution in [-0.4, -0.2) is 22.1 Å². The molecule has 0 unspecified atom stereocenters. The highest BCUT2D eigenvalue weighted by Crippen LogP contribution is 2.28. The summed E-state index contributed by atoms with van der Waals surface area (Å²) in [7, 11) is 1.63. The van der Waals surface area contributed by atoms with Crippen LogP contribution in [0.3, 0.4) is 0 Å². The third kappa shape index (κ3) is 2.48. The molecule has 0 radical (unpaired) electrons. The van der Waals surface area contributed by atoms with Crippen LogP contribution in [0.15, 0.2) is 61.2 Å². The van der Waals surface area contributed by atoms with Gasteiger partial charge in [0.05, 0.1) is 12.6 Å². The second-order valence-corrected chi connectivity index (χ2v) is 5.43. The minimum Gasteiger partial charge on any atom is -0.481 e. The maximum absolute atomic E-state index is 5.22. The first kappa shape index (κ1) is 13.6. The highest BCUT2D eigenvalue weighted by molar-refractivity contribution is 6.06. The molecule has 23 heavy (non-hydrogen) atoms. The Bertz CT molecular complexity index is 998. The molecule has 0 atom stereocenters. The Morgan fingerprint density at radius 1 is 1.00 bits per heavy atom. The Morgan fingerprint density at radius 3 is 2.74 bits per heavy atom. The first-order valence-corrected chi connectivity index (χ1v) is 7.44. The minimum absolute atomic E-state index is 0.635. The maximum atomic E-state index is 5.22. The fourth-order valence-corrected chi connectivity index (χ4v) is 2.94. The summed E-state index contributed by atoms with van der Waals surface area (Å²) in [6.45, 7) is 0. The van der Waals surface area contributed by atoms with E-state index in [4.69, 9.17) is 4.74 Å². The molecule has 4 aromatic rings. The molecule has 0 amide bonds. The van der Waals surface area contributed by atoms with Gasteiger partial charge in [-0.25, -0.2) is 15.0 Å². The topological polar surface area (TPSA) is 47.9 Å². The molecule has 4 rings (SSSR count). The van der Waals surface area contributed by atoms with Crippen molar-refractivity contribution in [2.75, 3.05) is 7.11 Å². The van der Waals surface area contributed by atoms with E-state index in [0.29, 0.717) is 5.88 Å². The van der Waals surface area contributed by atoms with E-state index >= 15 is 0 Å². The normalized spacial score (nSPS) is 11.0. The molecule has 0 fully saturated rings. The van der Waals surface area contributed by atoms with Crippen LogP contribution in [0.25, 0.3) is 21.7 Å². The van der Waals surface area contributed by atoms with Crippen LogP contribution in [0.4, 0.5) is 0 Å². The molecular formula is C19H15N3O. The summed E-state index contributed by atoms with van der Waals surface area (Å²) < 4.78 is 5.22. The van der Waals surface area contributed by atoms with Crippen molar-refractivity contribution in [1.82, 2.24) is 15.0 Å². The van der Waals surface area contributed by atoms with E-state index in [-0.39, 0.29) is 0 Å². The van der Waals surface area contributed by atoms with Crippen LogP contribution in [-0.2, 0) is 6.42 Å². The van der Waals surface area contributed by atoms with E-state index in [1.165, 1.54) is 16.5 Å². The molecule has 0 spiro atoms. The van der Waals surface area contributed by atoms with Crippen molar-refractivity contribution in [2.24, 2.45) is 0 Å². The highest BCUT2D eigenvalue weighted by atomic mass is 16.5. The second-order valence-electron chi connectivity index (χ2n) is 5.43. The predicted octanol–water partition coefficient (Wildman–Crippen LogP) is 3.78. The van der Waals surface area contributed by atoms with Gasteiger partial charge >= 0.3 is 0 Å². The quantitative estimate of drug-likeness (QED) is 0.540. The maximum Gasteiger partial charge on any atom is 0.213 e. The van der Waals surface area contributed by atoms with Crippen LogP contribution in [0.1, 0.15) is 11.1 Å². The van der Waals surface area contributed by atoms with Crippen LogP contribution in [0, 0.1) is 0 Å². The number of fused-ring (bicyclic) bond motifs is 3. The second kappa shape index (κ2) is 5.65. The number of ether oxygens (including phenoxy) is 1. The first-order chi connectivity index (χ1) is 11.3. The fraction of sp³-hybridized carbons (Fsp3) is 0.105. The number of aromatic nitrogens is 3.